The Morgan fingerprint density at radius 3 is 2.46 bits per heavy atom. The molecule has 1 N–H and O–H groups in total. The average molecular weight is 574 g/mol. The number of carbonyl (C=O) groups is 2. The molecule has 6 nitrogen and oxygen atoms in total. The lowest BCUT2D eigenvalue weighted by Crippen LogP contribution is -2.52. The van der Waals surface area contributed by atoms with Crippen LogP contribution in [0.3, 0.4) is 0 Å². The molecule has 0 saturated heterocycles. The number of nitrogens with zero attached hydrogens (tertiary/aromatic N) is 1. The van der Waals surface area contributed by atoms with Gasteiger partial charge in [-0.1, -0.05) is 65.2 Å². The summed E-state index contributed by atoms with van der Waals surface area (Å²) in [6, 6.07) is 13.1. The standard InChI is InChI=1S/C30H41BrN2O4/c1-6-26(29(35)32-23-12-8-7-9-13-23)33(19-21-11-10-14-24(17-21)36-5)28(34)20-37-27-16-15-22(18-25(27)31)30(2,3)4/h10-11,14-18,23,26H,6-9,12-13,19-20H2,1-5H3,(H,32,35)/t26-/m1/s1. The van der Waals surface area contributed by atoms with Crippen LogP contribution in [0.25, 0.3) is 0 Å². The van der Waals surface area contributed by atoms with Gasteiger partial charge in [0.2, 0.25) is 5.91 Å². The van der Waals surface area contributed by atoms with Crippen LogP contribution in [0.1, 0.15) is 77.3 Å². The Hall–Kier alpha value is -2.54. The van der Waals surface area contributed by atoms with Gasteiger partial charge in [0, 0.05) is 12.6 Å². The third kappa shape index (κ3) is 8.22. The van der Waals surface area contributed by atoms with E-state index in [2.05, 4.69) is 42.0 Å². The molecule has 3 rings (SSSR count). The third-order valence-corrected chi connectivity index (χ3v) is 7.59. The minimum absolute atomic E-state index is 0.00442. The van der Waals surface area contributed by atoms with Crippen molar-refractivity contribution in [1.29, 1.82) is 0 Å². The first-order valence-electron chi connectivity index (χ1n) is 13.3. The van der Waals surface area contributed by atoms with Gasteiger partial charge in [0.1, 0.15) is 17.5 Å². The maximum atomic E-state index is 13.6. The van der Waals surface area contributed by atoms with Crippen molar-refractivity contribution in [2.75, 3.05) is 13.7 Å². The van der Waals surface area contributed by atoms with Crippen molar-refractivity contribution in [2.24, 2.45) is 0 Å². The molecule has 1 aliphatic rings. The van der Waals surface area contributed by atoms with E-state index in [4.69, 9.17) is 9.47 Å². The van der Waals surface area contributed by atoms with Gasteiger partial charge >= 0.3 is 0 Å². The summed E-state index contributed by atoms with van der Waals surface area (Å²) in [6.45, 7) is 8.53. The van der Waals surface area contributed by atoms with E-state index < -0.39 is 6.04 Å². The summed E-state index contributed by atoms with van der Waals surface area (Å²) in [5.41, 5.74) is 2.07. The molecule has 37 heavy (non-hydrogen) atoms. The first-order valence-corrected chi connectivity index (χ1v) is 14.1. The zero-order chi connectivity index (χ0) is 27.0. The molecule has 0 aromatic heterocycles. The topological polar surface area (TPSA) is 67.9 Å². The van der Waals surface area contributed by atoms with Crippen LogP contribution in [-0.4, -0.2) is 42.5 Å². The lowest BCUT2D eigenvalue weighted by Gasteiger charge is -2.32. The normalized spacial score (nSPS) is 15.1. The van der Waals surface area contributed by atoms with Gasteiger partial charge in [0.15, 0.2) is 6.61 Å². The SMILES string of the molecule is CC[C@H](C(=O)NC1CCCCC1)N(Cc1cccc(OC)c1)C(=O)COc1ccc(C(C)(C)C)cc1Br. The van der Waals surface area contributed by atoms with Crippen molar-refractivity contribution in [2.45, 2.75) is 90.3 Å². The van der Waals surface area contributed by atoms with Crippen LogP contribution in [-0.2, 0) is 21.5 Å². The number of hydrogen-bond donors (Lipinski definition) is 1. The Morgan fingerprint density at radius 2 is 1.84 bits per heavy atom. The molecule has 1 saturated carbocycles. The maximum Gasteiger partial charge on any atom is 0.261 e. The van der Waals surface area contributed by atoms with E-state index in [1.165, 1.54) is 12.0 Å². The highest BCUT2D eigenvalue weighted by Gasteiger charge is 2.31. The molecule has 1 fully saturated rings. The van der Waals surface area contributed by atoms with Crippen LogP contribution in [0.5, 0.6) is 11.5 Å². The first kappa shape index (κ1) is 29.0. The van der Waals surface area contributed by atoms with E-state index in [1.54, 1.807) is 12.0 Å². The van der Waals surface area contributed by atoms with Crippen LogP contribution >= 0.6 is 15.9 Å². The Balaban J connectivity index is 1.79. The van der Waals surface area contributed by atoms with E-state index in [9.17, 15) is 9.59 Å². The minimum atomic E-state index is -0.587. The quantitative estimate of drug-likeness (QED) is 0.358. The Bertz CT molecular complexity index is 1060. The largest absolute Gasteiger partial charge is 0.497 e. The minimum Gasteiger partial charge on any atom is -0.497 e. The Labute approximate surface area is 230 Å². The molecule has 2 aromatic carbocycles. The molecule has 0 heterocycles. The van der Waals surface area contributed by atoms with Gasteiger partial charge in [0.05, 0.1) is 11.6 Å². The van der Waals surface area contributed by atoms with E-state index in [0.717, 1.165) is 35.7 Å². The van der Waals surface area contributed by atoms with E-state index in [-0.39, 0.29) is 29.9 Å². The summed E-state index contributed by atoms with van der Waals surface area (Å²) in [5, 5.41) is 3.21. The summed E-state index contributed by atoms with van der Waals surface area (Å²) in [6.07, 6.45) is 5.98. The van der Waals surface area contributed by atoms with Crippen molar-refractivity contribution < 1.29 is 19.1 Å². The number of hydrogen-bond acceptors (Lipinski definition) is 4. The molecule has 0 aliphatic heterocycles. The number of nitrogens with one attached hydrogen (secondary N) is 1. The van der Waals surface area contributed by atoms with Crippen molar-refractivity contribution >= 4 is 27.7 Å². The number of amides is 2. The number of ether oxygens (including phenoxy) is 2. The van der Waals surface area contributed by atoms with Crippen molar-refractivity contribution in [3.63, 3.8) is 0 Å². The summed E-state index contributed by atoms with van der Waals surface area (Å²) < 4.78 is 12.1. The molecular weight excluding hydrogens is 532 g/mol. The van der Waals surface area contributed by atoms with Crippen LogP contribution in [0.4, 0.5) is 0 Å². The number of rotatable bonds is 10. The highest BCUT2D eigenvalue weighted by atomic mass is 79.9. The second kappa shape index (κ2) is 13.3. The van der Waals surface area contributed by atoms with Gasteiger partial charge in [-0.2, -0.15) is 0 Å². The van der Waals surface area contributed by atoms with Gasteiger partial charge in [-0.05, 0) is 76.0 Å². The van der Waals surface area contributed by atoms with Crippen molar-refractivity contribution in [3.05, 3.63) is 58.1 Å². The number of carbonyl (C=O) groups excluding carboxylic acids is 2. The van der Waals surface area contributed by atoms with Crippen LogP contribution in [0.2, 0.25) is 0 Å². The fraction of sp³-hybridized carbons (Fsp3) is 0.533. The van der Waals surface area contributed by atoms with Gasteiger partial charge in [-0.15, -0.1) is 0 Å². The molecule has 0 bridgehead atoms. The summed E-state index contributed by atoms with van der Waals surface area (Å²) in [5.74, 6) is 0.979. The fourth-order valence-electron chi connectivity index (χ4n) is 4.74. The molecule has 202 valence electrons. The monoisotopic (exact) mass is 572 g/mol. The zero-order valence-electron chi connectivity index (χ0n) is 22.8. The molecule has 2 amide bonds. The third-order valence-electron chi connectivity index (χ3n) is 6.97. The predicted octanol–water partition coefficient (Wildman–Crippen LogP) is 6.39. The van der Waals surface area contributed by atoms with Gasteiger partial charge in [-0.3, -0.25) is 9.59 Å². The predicted molar refractivity (Wildman–Crippen MR) is 151 cm³/mol. The number of halogens is 1. The number of benzene rings is 2. The molecule has 0 unspecified atom stereocenters. The van der Waals surface area contributed by atoms with Gasteiger partial charge in [0.25, 0.3) is 5.91 Å². The Kier molecular flexibility index (Phi) is 10.4. The molecule has 1 atom stereocenters. The van der Waals surface area contributed by atoms with Crippen LogP contribution in [0.15, 0.2) is 46.9 Å². The molecule has 0 radical (unpaired) electrons. The molecule has 2 aromatic rings. The second-order valence-corrected chi connectivity index (χ2v) is 11.7. The smallest absolute Gasteiger partial charge is 0.261 e. The molecule has 7 heteroatoms. The van der Waals surface area contributed by atoms with Crippen molar-refractivity contribution in [1.82, 2.24) is 10.2 Å². The highest BCUT2D eigenvalue weighted by Crippen LogP contribution is 2.31. The average Bonchev–Trinajstić information content (AvgIpc) is 2.87. The Morgan fingerprint density at radius 1 is 1.11 bits per heavy atom. The van der Waals surface area contributed by atoms with E-state index in [1.807, 2.05) is 49.4 Å². The maximum absolute atomic E-state index is 13.6. The molecule has 1 aliphatic carbocycles. The van der Waals surface area contributed by atoms with E-state index in [0.29, 0.717) is 24.5 Å². The lowest BCUT2D eigenvalue weighted by atomic mass is 9.87. The number of methoxy groups -OCH3 is 1. The highest BCUT2D eigenvalue weighted by molar-refractivity contribution is 9.10. The van der Waals surface area contributed by atoms with E-state index >= 15 is 0 Å². The van der Waals surface area contributed by atoms with Crippen molar-refractivity contribution in [3.8, 4) is 11.5 Å². The second-order valence-electron chi connectivity index (χ2n) is 10.8. The lowest BCUT2D eigenvalue weighted by molar-refractivity contribution is -0.143. The van der Waals surface area contributed by atoms with Crippen LogP contribution in [0, 0.1) is 0 Å². The molecular formula is C30H41BrN2O4. The summed E-state index contributed by atoms with van der Waals surface area (Å²) in [7, 11) is 1.62. The summed E-state index contributed by atoms with van der Waals surface area (Å²) >= 11 is 3.59. The summed E-state index contributed by atoms with van der Waals surface area (Å²) in [4.78, 5) is 28.6. The zero-order valence-corrected chi connectivity index (χ0v) is 24.4. The van der Waals surface area contributed by atoms with Gasteiger partial charge in [-0.25, -0.2) is 0 Å². The van der Waals surface area contributed by atoms with Gasteiger partial charge < -0.3 is 19.7 Å². The van der Waals surface area contributed by atoms with Crippen LogP contribution < -0.4 is 14.8 Å². The fourth-order valence-corrected chi connectivity index (χ4v) is 5.23. The first-order chi connectivity index (χ1) is 17.6. The molecule has 0 spiro atoms.